The predicted molar refractivity (Wildman–Crippen MR) is 113 cm³/mol. The highest BCUT2D eigenvalue weighted by atomic mass is 16.5. The first kappa shape index (κ1) is 19.3. The van der Waals surface area contributed by atoms with Crippen molar-refractivity contribution in [2.24, 2.45) is 13.0 Å². The maximum Gasteiger partial charge on any atom is 0.332 e. The zero-order chi connectivity index (χ0) is 20.7. The van der Waals surface area contributed by atoms with Gasteiger partial charge in [-0.05, 0) is 36.6 Å². The molecule has 0 saturated carbocycles. The molecule has 0 bridgehead atoms. The molecule has 0 aliphatic carbocycles. The molecule has 29 heavy (non-hydrogen) atoms. The van der Waals surface area contributed by atoms with Crippen LogP contribution in [0, 0.1) is 5.92 Å². The Morgan fingerprint density at radius 1 is 1.17 bits per heavy atom. The van der Waals surface area contributed by atoms with Crippen LogP contribution in [0.5, 0.6) is 5.75 Å². The Bertz CT molecular complexity index is 1160. The Kier molecular flexibility index (Phi) is 4.94. The van der Waals surface area contributed by atoms with Crippen molar-refractivity contribution in [1.29, 1.82) is 0 Å². The van der Waals surface area contributed by atoms with Gasteiger partial charge in [0.15, 0.2) is 11.2 Å². The number of benzene rings is 1. The van der Waals surface area contributed by atoms with Crippen molar-refractivity contribution in [3.63, 3.8) is 0 Å². The van der Waals surface area contributed by atoms with E-state index in [9.17, 15) is 9.59 Å². The van der Waals surface area contributed by atoms with E-state index in [-0.39, 0.29) is 11.2 Å². The number of imidazole rings is 1. The molecule has 0 saturated heterocycles. The molecule has 0 radical (unpaired) electrons. The summed E-state index contributed by atoms with van der Waals surface area (Å²) in [6, 6.07) is 7.79. The van der Waals surface area contributed by atoms with E-state index < -0.39 is 0 Å². The van der Waals surface area contributed by atoms with Crippen molar-refractivity contribution in [1.82, 2.24) is 18.7 Å². The molecule has 4 rings (SSSR count). The molecule has 8 nitrogen and oxygen atoms in total. The maximum absolute atomic E-state index is 13.2. The molecule has 0 amide bonds. The average molecular weight is 397 g/mol. The van der Waals surface area contributed by atoms with Gasteiger partial charge >= 0.3 is 5.69 Å². The molecular formula is C21H27N5O3. The largest absolute Gasteiger partial charge is 0.497 e. The fraction of sp³-hybridized carbons (Fsp3) is 0.476. The molecule has 8 heteroatoms. The number of aryl methyl sites for hydroxylation is 1. The summed E-state index contributed by atoms with van der Waals surface area (Å²) in [7, 11) is 3.33. The van der Waals surface area contributed by atoms with Gasteiger partial charge in [0, 0.05) is 32.4 Å². The second-order valence-electron chi connectivity index (χ2n) is 7.76. The van der Waals surface area contributed by atoms with Crippen molar-refractivity contribution < 1.29 is 4.74 Å². The quantitative estimate of drug-likeness (QED) is 0.661. The number of hydrogen-bond acceptors (Lipinski definition) is 5. The van der Waals surface area contributed by atoms with Gasteiger partial charge in [0.05, 0.1) is 7.11 Å². The predicted octanol–water partition coefficient (Wildman–Crippen LogP) is 2.49. The number of unbranched alkanes of at least 4 members (excludes halogenated alkanes) is 1. The molecule has 154 valence electrons. The Labute approximate surface area is 169 Å². The SMILES string of the molecule is CCCCn1c(=O)c2c(nc3n2C[C@H](C)CN3c2ccc(OC)cc2)n(C)c1=O. The van der Waals surface area contributed by atoms with Crippen molar-refractivity contribution in [3.8, 4) is 5.75 Å². The van der Waals surface area contributed by atoms with E-state index >= 15 is 0 Å². The summed E-state index contributed by atoms with van der Waals surface area (Å²) < 4.78 is 10.1. The first-order valence-corrected chi connectivity index (χ1v) is 10.1. The normalized spacial score (nSPS) is 16.3. The van der Waals surface area contributed by atoms with Crippen LogP contribution in [0.3, 0.4) is 0 Å². The third-order valence-electron chi connectivity index (χ3n) is 5.56. The second kappa shape index (κ2) is 7.42. The van der Waals surface area contributed by atoms with Crippen molar-refractivity contribution in [2.45, 2.75) is 39.8 Å². The molecule has 3 aromatic rings. The van der Waals surface area contributed by atoms with Crippen LogP contribution in [0.25, 0.3) is 11.2 Å². The van der Waals surface area contributed by atoms with E-state index in [2.05, 4.69) is 11.8 Å². The van der Waals surface area contributed by atoms with Crippen molar-refractivity contribution in [3.05, 3.63) is 45.1 Å². The van der Waals surface area contributed by atoms with Crippen molar-refractivity contribution in [2.75, 3.05) is 18.6 Å². The minimum absolute atomic E-state index is 0.251. The van der Waals surface area contributed by atoms with Crippen LogP contribution in [-0.4, -0.2) is 32.3 Å². The van der Waals surface area contributed by atoms with Gasteiger partial charge in [-0.25, -0.2) is 4.79 Å². The van der Waals surface area contributed by atoms with Crippen LogP contribution in [0.4, 0.5) is 11.6 Å². The first-order chi connectivity index (χ1) is 14.0. The van der Waals surface area contributed by atoms with Gasteiger partial charge < -0.3 is 14.2 Å². The Balaban J connectivity index is 1.93. The molecule has 0 unspecified atom stereocenters. The number of fused-ring (bicyclic) bond motifs is 3. The lowest BCUT2D eigenvalue weighted by molar-refractivity contribution is 0.414. The van der Waals surface area contributed by atoms with Crippen LogP contribution < -0.4 is 20.9 Å². The summed E-state index contributed by atoms with van der Waals surface area (Å²) >= 11 is 0. The van der Waals surface area contributed by atoms with Crippen LogP contribution in [0.15, 0.2) is 33.9 Å². The molecule has 0 fully saturated rings. The molecule has 0 N–H and O–H groups in total. The molecular weight excluding hydrogens is 370 g/mol. The minimum atomic E-state index is -0.310. The molecule has 3 heterocycles. The summed E-state index contributed by atoms with van der Waals surface area (Å²) in [5.41, 5.74) is 1.36. The fourth-order valence-corrected chi connectivity index (χ4v) is 4.00. The topological polar surface area (TPSA) is 74.3 Å². The monoisotopic (exact) mass is 397 g/mol. The maximum atomic E-state index is 13.2. The summed E-state index contributed by atoms with van der Waals surface area (Å²) in [6.45, 7) is 6.11. The summed E-state index contributed by atoms with van der Waals surface area (Å²) in [5.74, 6) is 1.81. The molecule has 2 aromatic heterocycles. The molecule has 0 spiro atoms. The van der Waals surface area contributed by atoms with E-state index in [4.69, 9.17) is 9.72 Å². The average Bonchev–Trinajstić information content (AvgIpc) is 3.11. The first-order valence-electron chi connectivity index (χ1n) is 10.1. The zero-order valence-corrected chi connectivity index (χ0v) is 17.4. The van der Waals surface area contributed by atoms with Crippen LogP contribution in [0.1, 0.15) is 26.7 Å². The summed E-state index contributed by atoms with van der Waals surface area (Å²) in [5, 5.41) is 0. The number of anilines is 2. The number of hydrogen-bond donors (Lipinski definition) is 0. The third kappa shape index (κ3) is 3.12. The Hall–Kier alpha value is -3.03. The molecule has 1 aromatic carbocycles. The second-order valence-corrected chi connectivity index (χ2v) is 7.76. The van der Waals surface area contributed by atoms with E-state index in [1.807, 2.05) is 35.8 Å². The van der Waals surface area contributed by atoms with Crippen LogP contribution in [0.2, 0.25) is 0 Å². The van der Waals surface area contributed by atoms with E-state index in [0.29, 0.717) is 36.1 Å². The number of nitrogens with zero attached hydrogens (tertiary/aromatic N) is 5. The van der Waals surface area contributed by atoms with E-state index in [0.717, 1.165) is 30.8 Å². The van der Waals surface area contributed by atoms with Crippen LogP contribution in [-0.2, 0) is 20.1 Å². The van der Waals surface area contributed by atoms with Gasteiger partial charge in [0.1, 0.15) is 5.75 Å². The van der Waals surface area contributed by atoms with Gasteiger partial charge in [-0.2, -0.15) is 4.98 Å². The van der Waals surface area contributed by atoms with E-state index in [1.165, 1.54) is 9.13 Å². The molecule has 1 atom stereocenters. The zero-order valence-electron chi connectivity index (χ0n) is 17.4. The molecule has 1 aliphatic rings. The van der Waals surface area contributed by atoms with Gasteiger partial charge in [-0.15, -0.1) is 0 Å². The summed E-state index contributed by atoms with van der Waals surface area (Å²) in [6.07, 6.45) is 1.70. The summed E-state index contributed by atoms with van der Waals surface area (Å²) in [4.78, 5) is 32.8. The van der Waals surface area contributed by atoms with Gasteiger partial charge in [0.2, 0.25) is 5.95 Å². The lowest BCUT2D eigenvalue weighted by atomic mass is 10.1. The standard InChI is InChI=1S/C21H27N5O3/c1-5-6-11-24-19(27)17-18(23(3)21(24)28)22-20-25(12-14(2)13-26(17)20)15-7-9-16(29-4)10-8-15/h7-10,14H,5-6,11-13H2,1-4H3/t14-/m1/s1. The smallest absolute Gasteiger partial charge is 0.332 e. The van der Waals surface area contributed by atoms with Crippen molar-refractivity contribution >= 4 is 22.8 Å². The van der Waals surface area contributed by atoms with E-state index in [1.54, 1.807) is 14.2 Å². The number of ether oxygens (including phenoxy) is 1. The lowest BCUT2D eigenvalue weighted by Gasteiger charge is -2.33. The number of rotatable bonds is 5. The Morgan fingerprint density at radius 3 is 2.55 bits per heavy atom. The fourth-order valence-electron chi connectivity index (χ4n) is 4.00. The molecule has 1 aliphatic heterocycles. The van der Waals surface area contributed by atoms with Gasteiger partial charge in [-0.3, -0.25) is 13.9 Å². The van der Waals surface area contributed by atoms with Gasteiger partial charge in [-0.1, -0.05) is 20.3 Å². The third-order valence-corrected chi connectivity index (χ3v) is 5.56. The number of methoxy groups -OCH3 is 1. The lowest BCUT2D eigenvalue weighted by Crippen LogP contribution is -2.40. The van der Waals surface area contributed by atoms with Crippen LogP contribution >= 0.6 is 0 Å². The Morgan fingerprint density at radius 2 is 1.90 bits per heavy atom. The number of aromatic nitrogens is 4. The highest BCUT2D eigenvalue weighted by molar-refractivity contribution is 5.77. The minimum Gasteiger partial charge on any atom is -0.497 e. The highest BCUT2D eigenvalue weighted by Crippen LogP contribution is 2.33. The van der Waals surface area contributed by atoms with Gasteiger partial charge in [0.25, 0.3) is 5.56 Å². The highest BCUT2D eigenvalue weighted by Gasteiger charge is 2.29.